The molecule has 8 nitrogen and oxygen atoms in total. The van der Waals surface area contributed by atoms with Gasteiger partial charge >= 0.3 is 0 Å². The van der Waals surface area contributed by atoms with E-state index in [0.717, 1.165) is 49.8 Å². The second-order valence-corrected chi connectivity index (χ2v) is 11.4. The van der Waals surface area contributed by atoms with E-state index in [4.69, 9.17) is 0 Å². The first-order valence-electron chi connectivity index (χ1n) is 14.7. The summed E-state index contributed by atoms with van der Waals surface area (Å²) >= 11 is 0. The molecule has 42 heavy (non-hydrogen) atoms. The molecule has 0 aromatic heterocycles. The molecular formula is C34H38N4O4. The SMILES string of the molecule is CN(Cc1ccccc1)C(=O)c1cccc(NC(=O)Cc2ccc(NC(=O)C3CCCN(C(=O)C4CCC4)C3)cc2)c1. The van der Waals surface area contributed by atoms with Gasteiger partial charge in [-0.05, 0) is 67.1 Å². The third kappa shape index (κ3) is 7.43. The zero-order valence-electron chi connectivity index (χ0n) is 24.1. The Bertz CT molecular complexity index is 1420. The molecule has 2 aliphatic rings. The average Bonchev–Trinajstić information content (AvgIpc) is 2.97. The van der Waals surface area contributed by atoms with Gasteiger partial charge in [0.25, 0.3) is 5.91 Å². The van der Waals surface area contributed by atoms with Crippen LogP contribution in [0.5, 0.6) is 0 Å². The molecule has 1 unspecified atom stereocenters. The topological polar surface area (TPSA) is 98.8 Å². The number of amides is 4. The van der Waals surface area contributed by atoms with Crippen molar-refractivity contribution in [2.45, 2.75) is 45.1 Å². The van der Waals surface area contributed by atoms with Crippen LogP contribution in [0.4, 0.5) is 11.4 Å². The minimum atomic E-state index is -0.214. The number of piperidine rings is 1. The lowest BCUT2D eigenvalue weighted by atomic mass is 9.83. The fourth-order valence-electron chi connectivity index (χ4n) is 5.53. The van der Waals surface area contributed by atoms with Crippen LogP contribution in [-0.4, -0.2) is 53.6 Å². The largest absolute Gasteiger partial charge is 0.342 e. The van der Waals surface area contributed by atoms with E-state index in [-0.39, 0.29) is 41.9 Å². The second kappa shape index (κ2) is 13.5. The number of likely N-dealkylation sites (tertiary alicyclic amines) is 1. The van der Waals surface area contributed by atoms with E-state index in [1.54, 1.807) is 48.3 Å². The van der Waals surface area contributed by atoms with Gasteiger partial charge in [-0.25, -0.2) is 0 Å². The van der Waals surface area contributed by atoms with Crippen molar-refractivity contribution in [1.82, 2.24) is 9.80 Å². The van der Waals surface area contributed by atoms with E-state index in [1.807, 2.05) is 47.4 Å². The van der Waals surface area contributed by atoms with Crippen molar-refractivity contribution in [1.29, 1.82) is 0 Å². The molecule has 3 aromatic carbocycles. The zero-order chi connectivity index (χ0) is 29.5. The molecule has 3 aromatic rings. The minimum absolute atomic E-state index is 0.0737. The lowest BCUT2D eigenvalue weighted by Crippen LogP contribution is -2.47. The Balaban J connectivity index is 1.10. The van der Waals surface area contributed by atoms with E-state index in [1.165, 1.54) is 0 Å². The lowest BCUT2D eigenvalue weighted by molar-refractivity contribution is -0.141. The summed E-state index contributed by atoms with van der Waals surface area (Å²) in [7, 11) is 1.76. The van der Waals surface area contributed by atoms with Crippen LogP contribution in [0.15, 0.2) is 78.9 Å². The van der Waals surface area contributed by atoms with Crippen LogP contribution in [-0.2, 0) is 27.3 Å². The molecule has 2 N–H and O–H groups in total. The highest BCUT2D eigenvalue weighted by molar-refractivity contribution is 5.97. The zero-order valence-corrected chi connectivity index (χ0v) is 24.1. The van der Waals surface area contributed by atoms with Crippen molar-refractivity contribution in [3.05, 3.63) is 95.6 Å². The fourth-order valence-corrected chi connectivity index (χ4v) is 5.53. The Morgan fingerprint density at radius 2 is 1.52 bits per heavy atom. The standard InChI is InChI=1S/C34H38N4O4/c1-37(22-25-8-3-2-4-9-25)33(41)27-12-6-14-30(21-27)35-31(39)20-24-15-17-29(18-16-24)36-32(40)28-13-7-19-38(23-28)34(42)26-10-5-11-26/h2-4,6,8-9,12,14-18,21,26,28H,5,7,10-11,13,19-20,22-23H2,1H3,(H,35,39)(H,36,40). The van der Waals surface area contributed by atoms with Gasteiger partial charge < -0.3 is 20.4 Å². The average molecular weight is 567 g/mol. The molecule has 1 saturated heterocycles. The predicted molar refractivity (Wildman–Crippen MR) is 163 cm³/mol. The Morgan fingerprint density at radius 1 is 0.786 bits per heavy atom. The molecule has 0 radical (unpaired) electrons. The molecule has 1 saturated carbocycles. The van der Waals surface area contributed by atoms with E-state index in [2.05, 4.69) is 10.6 Å². The molecule has 1 aliphatic carbocycles. The third-order valence-corrected chi connectivity index (χ3v) is 8.15. The monoisotopic (exact) mass is 566 g/mol. The van der Waals surface area contributed by atoms with E-state index < -0.39 is 0 Å². The fraction of sp³-hybridized carbons (Fsp3) is 0.353. The molecule has 8 heteroatoms. The Kier molecular flexibility index (Phi) is 9.31. The first kappa shape index (κ1) is 29.0. The first-order chi connectivity index (χ1) is 20.4. The smallest absolute Gasteiger partial charge is 0.253 e. The van der Waals surface area contributed by atoms with Crippen LogP contribution in [0, 0.1) is 11.8 Å². The van der Waals surface area contributed by atoms with Crippen molar-refractivity contribution in [3.63, 3.8) is 0 Å². The van der Waals surface area contributed by atoms with E-state index in [0.29, 0.717) is 30.0 Å². The van der Waals surface area contributed by atoms with Crippen LogP contribution in [0.1, 0.15) is 53.6 Å². The Morgan fingerprint density at radius 3 is 2.24 bits per heavy atom. The highest BCUT2D eigenvalue weighted by atomic mass is 16.2. The molecule has 1 atom stereocenters. The van der Waals surface area contributed by atoms with Crippen LogP contribution >= 0.6 is 0 Å². The van der Waals surface area contributed by atoms with Gasteiger partial charge in [-0.15, -0.1) is 0 Å². The van der Waals surface area contributed by atoms with Gasteiger partial charge in [-0.1, -0.05) is 55.0 Å². The van der Waals surface area contributed by atoms with Crippen molar-refractivity contribution < 1.29 is 19.2 Å². The molecule has 2 fully saturated rings. The quantitative estimate of drug-likeness (QED) is 0.376. The number of rotatable bonds is 9. The number of hydrogen-bond acceptors (Lipinski definition) is 4. The lowest BCUT2D eigenvalue weighted by Gasteiger charge is -2.36. The number of benzene rings is 3. The molecular weight excluding hydrogens is 528 g/mol. The third-order valence-electron chi connectivity index (χ3n) is 8.15. The molecule has 0 spiro atoms. The highest BCUT2D eigenvalue weighted by Crippen LogP contribution is 2.30. The Hall–Kier alpha value is -4.46. The summed E-state index contributed by atoms with van der Waals surface area (Å²) in [6, 6.07) is 24.0. The van der Waals surface area contributed by atoms with Gasteiger partial charge in [0.2, 0.25) is 17.7 Å². The van der Waals surface area contributed by atoms with E-state index in [9.17, 15) is 19.2 Å². The van der Waals surface area contributed by atoms with Crippen LogP contribution in [0.25, 0.3) is 0 Å². The molecule has 218 valence electrons. The number of carbonyl (C=O) groups excluding carboxylic acids is 4. The van der Waals surface area contributed by atoms with Crippen molar-refractivity contribution in [2.24, 2.45) is 11.8 Å². The van der Waals surface area contributed by atoms with Crippen molar-refractivity contribution in [2.75, 3.05) is 30.8 Å². The van der Waals surface area contributed by atoms with Crippen LogP contribution in [0.3, 0.4) is 0 Å². The predicted octanol–water partition coefficient (Wildman–Crippen LogP) is 5.12. The summed E-state index contributed by atoms with van der Waals surface area (Å²) in [5, 5.41) is 5.86. The number of carbonyl (C=O) groups is 4. The summed E-state index contributed by atoms with van der Waals surface area (Å²) < 4.78 is 0. The first-order valence-corrected chi connectivity index (χ1v) is 14.7. The number of anilines is 2. The summed E-state index contributed by atoms with van der Waals surface area (Å²) in [5.41, 5.74) is 3.56. The molecule has 1 heterocycles. The summed E-state index contributed by atoms with van der Waals surface area (Å²) in [6.45, 7) is 1.71. The molecule has 5 rings (SSSR count). The maximum atomic E-state index is 12.9. The maximum absolute atomic E-state index is 12.9. The van der Waals surface area contributed by atoms with Crippen molar-refractivity contribution >= 4 is 35.0 Å². The summed E-state index contributed by atoms with van der Waals surface area (Å²) in [5.74, 6) is -0.264. The molecule has 4 amide bonds. The summed E-state index contributed by atoms with van der Waals surface area (Å²) in [6.07, 6.45) is 4.82. The van der Waals surface area contributed by atoms with Crippen LogP contribution in [0.2, 0.25) is 0 Å². The Labute approximate surface area is 247 Å². The highest BCUT2D eigenvalue weighted by Gasteiger charge is 2.34. The van der Waals surface area contributed by atoms with Crippen molar-refractivity contribution in [3.8, 4) is 0 Å². The van der Waals surface area contributed by atoms with Gasteiger partial charge in [0.1, 0.15) is 0 Å². The van der Waals surface area contributed by atoms with Gasteiger partial charge in [0.05, 0.1) is 12.3 Å². The number of nitrogens with zero attached hydrogens (tertiary/aromatic N) is 2. The van der Waals surface area contributed by atoms with Gasteiger partial charge in [-0.3, -0.25) is 19.2 Å². The molecule has 0 bridgehead atoms. The molecule has 1 aliphatic heterocycles. The van der Waals surface area contributed by atoms with E-state index >= 15 is 0 Å². The van der Waals surface area contributed by atoms with Gasteiger partial charge in [0, 0.05) is 49.5 Å². The summed E-state index contributed by atoms with van der Waals surface area (Å²) in [4.78, 5) is 54.8. The van der Waals surface area contributed by atoms with Gasteiger partial charge in [0.15, 0.2) is 0 Å². The second-order valence-electron chi connectivity index (χ2n) is 11.4. The maximum Gasteiger partial charge on any atom is 0.253 e. The number of hydrogen-bond donors (Lipinski definition) is 2. The normalized spacial score (nSPS) is 16.7. The number of nitrogens with one attached hydrogen (secondary N) is 2. The minimum Gasteiger partial charge on any atom is -0.342 e. The van der Waals surface area contributed by atoms with Gasteiger partial charge in [-0.2, -0.15) is 0 Å². The van der Waals surface area contributed by atoms with Crippen LogP contribution < -0.4 is 10.6 Å².